The minimum Gasteiger partial charge on any atom is -0.405 e. The first kappa shape index (κ1) is 19.7. The van der Waals surface area contributed by atoms with Crippen molar-refractivity contribution in [2.75, 3.05) is 13.2 Å². The molecule has 0 amide bonds. The summed E-state index contributed by atoms with van der Waals surface area (Å²) in [7, 11) is 0. The average molecular weight is 379 g/mol. The van der Waals surface area contributed by atoms with Crippen LogP contribution in [0.15, 0.2) is 37.2 Å². The molecule has 0 saturated heterocycles. The van der Waals surface area contributed by atoms with Crippen molar-refractivity contribution >= 4 is 18.5 Å². The third-order valence-corrected chi connectivity index (χ3v) is 5.64. The van der Waals surface area contributed by atoms with Crippen LogP contribution in [-0.4, -0.2) is 28.2 Å². The van der Waals surface area contributed by atoms with Crippen LogP contribution >= 0.6 is 6.72 Å². The summed E-state index contributed by atoms with van der Waals surface area (Å²) in [6.45, 7) is 7.26. The van der Waals surface area contributed by atoms with Gasteiger partial charge in [-0.3, -0.25) is 14.0 Å². The lowest BCUT2D eigenvalue weighted by Crippen LogP contribution is -2.08. The van der Waals surface area contributed by atoms with Crippen LogP contribution in [0.2, 0.25) is 0 Å². The van der Waals surface area contributed by atoms with E-state index in [2.05, 4.69) is 21.5 Å². The Bertz CT molecular complexity index is 761. The zero-order valence-electron chi connectivity index (χ0n) is 14.6. The van der Waals surface area contributed by atoms with Crippen LogP contribution in [-0.2, 0) is 27.3 Å². The van der Waals surface area contributed by atoms with Crippen molar-refractivity contribution in [1.29, 1.82) is 0 Å². The minimum absolute atomic E-state index is 0.379. The first-order valence-corrected chi connectivity index (χ1v) is 10.6. The Morgan fingerprint density at radius 2 is 1.80 bits per heavy atom. The molecule has 0 N–H and O–H groups in total. The molecule has 8 heteroatoms. The van der Waals surface area contributed by atoms with E-state index in [0.29, 0.717) is 31.3 Å². The average Bonchev–Trinajstić information content (AvgIpc) is 2.59. The zero-order chi connectivity index (χ0) is 18.3. The fourth-order valence-corrected chi connectivity index (χ4v) is 4.19. The maximum Gasteiger partial charge on any atom is 0.381 e. The van der Waals surface area contributed by atoms with Gasteiger partial charge in [0.15, 0.2) is 5.82 Å². The van der Waals surface area contributed by atoms with Crippen molar-refractivity contribution in [3.05, 3.63) is 48.4 Å². The highest BCUT2D eigenvalue weighted by Crippen LogP contribution is 2.50. The molecule has 2 aromatic heterocycles. The van der Waals surface area contributed by atoms with Crippen LogP contribution in [0.25, 0.3) is 11.4 Å². The van der Waals surface area contributed by atoms with E-state index in [1.54, 1.807) is 18.5 Å². The quantitative estimate of drug-likeness (QED) is 0.476. The van der Waals surface area contributed by atoms with Gasteiger partial charge in [-0.15, -0.1) is 6.58 Å². The van der Waals surface area contributed by atoms with E-state index in [1.165, 1.54) is 0 Å². The first-order valence-electron chi connectivity index (χ1n) is 8.00. The van der Waals surface area contributed by atoms with E-state index in [9.17, 15) is 0 Å². The molecule has 2 aromatic rings. The Morgan fingerprint density at radius 3 is 2.36 bits per heavy atom. The van der Waals surface area contributed by atoms with Crippen molar-refractivity contribution in [2.45, 2.75) is 27.2 Å². The number of hydrogen-bond acceptors (Lipinski definition) is 7. The number of aryl methyl sites for hydroxylation is 1. The molecule has 6 nitrogen and oxygen atoms in total. The summed E-state index contributed by atoms with van der Waals surface area (Å²) in [6, 6.07) is 3.68. The SMILES string of the molecule is C=CCc1c(C)nc(-c2ccncc2)nc1OP(=S)(OCC)OCC. The van der Waals surface area contributed by atoms with E-state index in [1.807, 2.05) is 32.9 Å². The highest BCUT2D eigenvalue weighted by Gasteiger charge is 2.25. The number of hydrogen-bond donors (Lipinski definition) is 0. The molecular formula is C17H22N3O3PS. The molecule has 134 valence electrons. The Labute approximate surface area is 153 Å². The van der Waals surface area contributed by atoms with Crippen molar-refractivity contribution in [2.24, 2.45) is 0 Å². The maximum absolute atomic E-state index is 5.98. The van der Waals surface area contributed by atoms with Gasteiger partial charge in [0.2, 0.25) is 5.88 Å². The van der Waals surface area contributed by atoms with Crippen LogP contribution in [0.1, 0.15) is 25.1 Å². The molecule has 0 aliphatic rings. The lowest BCUT2D eigenvalue weighted by molar-refractivity contribution is 0.215. The second-order valence-electron chi connectivity index (χ2n) is 5.02. The maximum atomic E-state index is 5.98. The van der Waals surface area contributed by atoms with Crippen molar-refractivity contribution in [3.63, 3.8) is 0 Å². The van der Waals surface area contributed by atoms with E-state index in [0.717, 1.165) is 16.8 Å². The molecule has 0 spiro atoms. The van der Waals surface area contributed by atoms with Gasteiger partial charge in [-0.1, -0.05) is 6.08 Å². The van der Waals surface area contributed by atoms with Gasteiger partial charge in [0, 0.05) is 41.0 Å². The van der Waals surface area contributed by atoms with Crippen molar-refractivity contribution in [3.8, 4) is 17.3 Å². The molecule has 0 bridgehead atoms. The van der Waals surface area contributed by atoms with Gasteiger partial charge in [-0.2, -0.15) is 4.98 Å². The van der Waals surface area contributed by atoms with E-state index >= 15 is 0 Å². The summed E-state index contributed by atoms with van der Waals surface area (Å²) in [5.74, 6) is 0.918. The summed E-state index contributed by atoms with van der Waals surface area (Å²) in [5.41, 5.74) is 2.46. The van der Waals surface area contributed by atoms with Crippen LogP contribution in [0.5, 0.6) is 5.88 Å². The Hall–Kier alpha value is -1.66. The van der Waals surface area contributed by atoms with Crippen LogP contribution in [0.3, 0.4) is 0 Å². The van der Waals surface area contributed by atoms with E-state index < -0.39 is 6.72 Å². The molecule has 0 aromatic carbocycles. The highest BCUT2D eigenvalue weighted by molar-refractivity contribution is 8.07. The van der Waals surface area contributed by atoms with Gasteiger partial charge >= 0.3 is 6.72 Å². The topological polar surface area (TPSA) is 66.4 Å². The fraction of sp³-hybridized carbons (Fsp3) is 0.353. The van der Waals surface area contributed by atoms with Crippen molar-refractivity contribution in [1.82, 2.24) is 15.0 Å². The third-order valence-electron chi connectivity index (χ3n) is 3.24. The number of aromatic nitrogens is 3. The smallest absolute Gasteiger partial charge is 0.381 e. The Balaban J connectivity index is 2.51. The second kappa shape index (κ2) is 9.15. The number of pyridine rings is 1. The van der Waals surface area contributed by atoms with Crippen LogP contribution in [0.4, 0.5) is 0 Å². The zero-order valence-corrected chi connectivity index (χ0v) is 16.3. The normalized spacial score (nSPS) is 11.3. The molecular weight excluding hydrogens is 357 g/mol. The molecule has 25 heavy (non-hydrogen) atoms. The Kier molecular flexibility index (Phi) is 7.20. The molecule has 0 aliphatic heterocycles. The monoisotopic (exact) mass is 379 g/mol. The summed E-state index contributed by atoms with van der Waals surface area (Å²) >= 11 is 5.48. The molecule has 0 unspecified atom stereocenters. The van der Waals surface area contributed by atoms with Gasteiger partial charge < -0.3 is 4.52 Å². The summed E-state index contributed by atoms with van der Waals surface area (Å²) in [6.07, 6.45) is 5.72. The molecule has 0 atom stereocenters. The first-order chi connectivity index (χ1) is 12.0. The van der Waals surface area contributed by atoms with Crippen molar-refractivity contribution < 1.29 is 13.6 Å². The minimum atomic E-state index is -2.93. The lowest BCUT2D eigenvalue weighted by Gasteiger charge is -2.22. The summed E-state index contributed by atoms with van der Waals surface area (Å²) in [4.78, 5) is 13.2. The van der Waals surface area contributed by atoms with Gasteiger partial charge in [0.05, 0.1) is 13.2 Å². The van der Waals surface area contributed by atoms with Crippen LogP contribution < -0.4 is 4.52 Å². The summed E-state index contributed by atoms with van der Waals surface area (Å²) < 4.78 is 17.1. The highest BCUT2D eigenvalue weighted by atomic mass is 32.5. The van der Waals surface area contributed by atoms with Gasteiger partial charge in [-0.05, 0) is 39.3 Å². The standard InChI is InChI=1S/C17H22N3O3PS/c1-5-8-15-13(4)19-16(14-9-11-18-12-10-14)20-17(15)23-24(25,21-6-2)22-7-3/h5,9-12H,1,6-8H2,2-4H3. The third kappa shape index (κ3) is 5.16. The number of nitrogens with zero attached hydrogens (tertiary/aromatic N) is 3. The Morgan fingerprint density at radius 1 is 1.16 bits per heavy atom. The second-order valence-corrected chi connectivity index (χ2v) is 7.95. The van der Waals surface area contributed by atoms with Gasteiger partial charge in [0.25, 0.3) is 0 Å². The molecule has 2 rings (SSSR count). The molecule has 0 saturated carbocycles. The largest absolute Gasteiger partial charge is 0.405 e. The fourth-order valence-electron chi connectivity index (χ4n) is 2.17. The molecule has 2 heterocycles. The molecule has 0 fully saturated rings. The number of rotatable bonds is 9. The van der Waals surface area contributed by atoms with Gasteiger partial charge in [-0.25, -0.2) is 4.98 Å². The predicted molar refractivity (Wildman–Crippen MR) is 102 cm³/mol. The molecule has 0 aliphatic carbocycles. The summed E-state index contributed by atoms with van der Waals surface area (Å²) in [5, 5.41) is 0. The lowest BCUT2D eigenvalue weighted by atomic mass is 10.1. The van der Waals surface area contributed by atoms with Crippen LogP contribution in [0, 0.1) is 6.92 Å². The predicted octanol–water partition coefficient (Wildman–Crippen LogP) is 4.25. The van der Waals surface area contributed by atoms with Gasteiger partial charge in [0.1, 0.15) is 0 Å². The van der Waals surface area contributed by atoms with E-state index in [-0.39, 0.29) is 0 Å². The number of allylic oxidation sites excluding steroid dienone is 1. The molecule has 0 radical (unpaired) electrons. The van der Waals surface area contributed by atoms with E-state index in [4.69, 9.17) is 25.4 Å².